The summed E-state index contributed by atoms with van der Waals surface area (Å²) in [6.45, 7) is 3.99. The third-order valence-corrected chi connectivity index (χ3v) is 6.18. The lowest BCUT2D eigenvalue weighted by atomic mass is 9.97. The van der Waals surface area contributed by atoms with Crippen LogP contribution in [0.4, 0.5) is 4.39 Å². The first-order valence-electron chi connectivity index (χ1n) is 9.89. The highest BCUT2D eigenvalue weighted by Crippen LogP contribution is 2.30. The van der Waals surface area contributed by atoms with Gasteiger partial charge in [-0.2, -0.15) is 0 Å². The van der Waals surface area contributed by atoms with Crippen LogP contribution in [-0.4, -0.2) is 15.3 Å². The summed E-state index contributed by atoms with van der Waals surface area (Å²) in [5.41, 5.74) is 3.91. The summed E-state index contributed by atoms with van der Waals surface area (Å²) < 4.78 is 14.7. The van der Waals surface area contributed by atoms with Gasteiger partial charge in [0.05, 0.1) is 18.3 Å². The third-order valence-electron chi connectivity index (χ3n) is 5.29. The first-order chi connectivity index (χ1) is 14.5. The number of carbonyl (C=O) groups excluding carboxylic acids is 1. The van der Waals surface area contributed by atoms with Gasteiger partial charge < -0.3 is 0 Å². The van der Waals surface area contributed by atoms with Crippen molar-refractivity contribution >= 4 is 27.3 Å². The maximum absolute atomic E-state index is 13.3. The number of benzene rings is 2. The van der Waals surface area contributed by atoms with Gasteiger partial charge in [0.15, 0.2) is 5.78 Å². The number of nitrogens with zero attached hydrogens (tertiary/aromatic N) is 2. The molecule has 0 atom stereocenters. The van der Waals surface area contributed by atoms with Crippen molar-refractivity contribution in [3.8, 4) is 11.1 Å². The molecule has 2 aromatic heterocycles. The molecule has 152 valence electrons. The molecule has 6 heteroatoms. The number of Topliss-reactive ketones (excluding diaryl/α,β-unsaturated/α-hetero) is 1. The van der Waals surface area contributed by atoms with E-state index in [0.717, 1.165) is 29.5 Å². The Labute approximate surface area is 177 Å². The van der Waals surface area contributed by atoms with Crippen molar-refractivity contribution in [1.82, 2.24) is 9.55 Å². The summed E-state index contributed by atoms with van der Waals surface area (Å²) in [6, 6.07) is 12.0. The Morgan fingerprint density at radius 3 is 2.57 bits per heavy atom. The highest BCUT2D eigenvalue weighted by molar-refractivity contribution is 7.17. The van der Waals surface area contributed by atoms with E-state index in [1.807, 2.05) is 37.4 Å². The van der Waals surface area contributed by atoms with Crippen LogP contribution in [0, 0.1) is 5.82 Å². The molecule has 0 N–H and O–H groups in total. The quantitative estimate of drug-likeness (QED) is 0.399. The molecule has 0 saturated carbocycles. The second kappa shape index (κ2) is 8.32. The number of hydrogen-bond acceptors (Lipinski definition) is 4. The molecule has 0 bridgehead atoms. The molecule has 4 rings (SSSR count). The molecule has 4 aromatic rings. The minimum absolute atomic E-state index is 0.0688. The monoisotopic (exact) mass is 420 g/mol. The van der Waals surface area contributed by atoms with Gasteiger partial charge in [-0.05, 0) is 47.7 Å². The average molecular weight is 421 g/mol. The molecule has 2 heterocycles. The van der Waals surface area contributed by atoms with E-state index >= 15 is 0 Å². The van der Waals surface area contributed by atoms with E-state index in [0.29, 0.717) is 21.3 Å². The van der Waals surface area contributed by atoms with E-state index in [-0.39, 0.29) is 23.7 Å². The summed E-state index contributed by atoms with van der Waals surface area (Å²) in [4.78, 5) is 31.2. The Hall–Kier alpha value is -3.12. The van der Waals surface area contributed by atoms with E-state index in [2.05, 4.69) is 4.98 Å². The highest BCUT2D eigenvalue weighted by Gasteiger charge is 2.17. The van der Waals surface area contributed by atoms with E-state index in [9.17, 15) is 14.0 Å². The molecule has 0 aliphatic rings. The van der Waals surface area contributed by atoms with Gasteiger partial charge in [-0.15, -0.1) is 11.3 Å². The second-order valence-electron chi connectivity index (χ2n) is 7.14. The fourth-order valence-electron chi connectivity index (χ4n) is 3.57. The minimum Gasteiger partial charge on any atom is -0.292 e. The number of hydrogen-bond donors (Lipinski definition) is 0. The van der Waals surface area contributed by atoms with Crippen LogP contribution in [-0.2, 0) is 19.4 Å². The predicted molar refractivity (Wildman–Crippen MR) is 119 cm³/mol. The fourth-order valence-corrected chi connectivity index (χ4v) is 4.48. The van der Waals surface area contributed by atoms with Gasteiger partial charge in [-0.3, -0.25) is 14.2 Å². The molecular weight excluding hydrogens is 399 g/mol. The van der Waals surface area contributed by atoms with E-state index in [4.69, 9.17) is 0 Å². The summed E-state index contributed by atoms with van der Waals surface area (Å²) in [5, 5.41) is 2.30. The van der Waals surface area contributed by atoms with Gasteiger partial charge in [0.25, 0.3) is 5.56 Å². The zero-order chi connectivity index (χ0) is 21.3. The minimum atomic E-state index is -0.333. The van der Waals surface area contributed by atoms with Gasteiger partial charge in [-0.1, -0.05) is 38.1 Å². The number of thiophene rings is 1. The maximum atomic E-state index is 13.3. The van der Waals surface area contributed by atoms with Gasteiger partial charge in [0.2, 0.25) is 0 Å². The smallest absolute Gasteiger partial charge is 0.263 e. The number of aryl methyl sites for hydroxylation is 2. The van der Waals surface area contributed by atoms with Crippen molar-refractivity contribution in [1.29, 1.82) is 0 Å². The molecule has 0 saturated heterocycles. The van der Waals surface area contributed by atoms with Crippen LogP contribution in [0.2, 0.25) is 0 Å². The van der Waals surface area contributed by atoms with Gasteiger partial charge in [0.1, 0.15) is 10.6 Å². The van der Waals surface area contributed by atoms with Crippen LogP contribution in [0.5, 0.6) is 0 Å². The van der Waals surface area contributed by atoms with Crippen molar-refractivity contribution < 1.29 is 9.18 Å². The Kier molecular flexibility index (Phi) is 5.59. The number of carbonyl (C=O) groups is 1. The largest absolute Gasteiger partial charge is 0.292 e. The first-order valence-corrected chi connectivity index (χ1v) is 10.8. The molecule has 0 aliphatic heterocycles. The highest BCUT2D eigenvalue weighted by atomic mass is 32.1. The molecular formula is C24H21FN2O2S. The molecule has 4 nitrogen and oxygen atoms in total. The zero-order valence-corrected chi connectivity index (χ0v) is 17.6. The Morgan fingerprint density at radius 1 is 1.10 bits per heavy atom. The Balaban J connectivity index is 1.75. The lowest BCUT2D eigenvalue weighted by Crippen LogP contribution is -2.25. The standard InChI is InChI=1S/C24H21FN2O2S/c1-3-15-5-6-16(4-2)19(11-15)21(28)12-27-14-26-23-22(24(27)29)20(13-30-23)17-7-9-18(25)10-8-17/h5-11,13-14H,3-4,12H2,1-2H3. The summed E-state index contributed by atoms with van der Waals surface area (Å²) in [6.07, 6.45) is 3.02. The normalized spacial score (nSPS) is 11.2. The first kappa shape index (κ1) is 20.2. The van der Waals surface area contributed by atoms with Crippen LogP contribution < -0.4 is 5.56 Å². The predicted octanol–water partition coefficient (Wildman–Crippen LogP) is 5.27. The van der Waals surface area contributed by atoms with Crippen molar-refractivity contribution in [3.63, 3.8) is 0 Å². The average Bonchev–Trinajstić information content (AvgIpc) is 3.20. The Morgan fingerprint density at radius 2 is 1.87 bits per heavy atom. The zero-order valence-electron chi connectivity index (χ0n) is 16.8. The molecule has 30 heavy (non-hydrogen) atoms. The number of rotatable bonds is 6. The van der Waals surface area contributed by atoms with Gasteiger partial charge in [-0.25, -0.2) is 9.37 Å². The SMILES string of the molecule is CCc1ccc(CC)c(C(=O)Cn2cnc3scc(-c4ccc(F)cc4)c3c2=O)c1. The van der Waals surface area contributed by atoms with E-state index < -0.39 is 0 Å². The summed E-state index contributed by atoms with van der Waals surface area (Å²) in [5.74, 6) is -0.440. The molecule has 0 amide bonds. The van der Waals surface area contributed by atoms with Crippen LogP contribution in [0.3, 0.4) is 0 Å². The van der Waals surface area contributed by atoms with Gasteiger partial charge in [0, 0.05) is 16.5 Å². The van der Waals surface area contributed by atoms with Crippen molar-refractivity contribution in [2.75, 3.05) is 0 Å². The summed E-state index contributed by atoms with van der Waals surface area (Å²) in [7, 11) is 0. The number of halogens is 1. The van der Waals surface area contributed by atoms with Crippen molar-refractivity contribution in [3.05, 3.63) is 87.0 Å². The maximum Gasteiger partial charge on any atom is 0.263 e. The molecule has 0 fully saturated rings. The van der Waals surface area contributed by atoms with Crippen molar-refractivity contribution in [2.45, 2.75) is 33.2 Å². The molecule has 0 unspecified atom stereocenters. The lowest BCUT2D eigenvalue weighted by Gasteiger charge is -2.11. The number of ketones is 1. The number of aromatic nitrogens is 2. The van der Waals surface area contributed by atoms with Crippen LogP contribution in [0.1, 0.15) is 35.3 Å². The van der Waals surface area contributed by atoms with Crippen LogP contribution in [0.15, 0.2) is 59.0 Å². The molecule has 0 radical (unpaired) electrons. The van der Waals surface area contributed by atoms with Gasteiger partial charge >= 0.3 is 0 Å². The van der Waals surface area contributed by atoms with Crippen molar-refractivity contribution in [2.24, 2.45) is 0 Å². The van der Waals surface area contributed by atoms with E-state index in [1.165, 1.54) is 34.4 Å². The number of fused-ring (bicyclic) bond motifs is 1. The molecule has 0 aliphatic carbocycles. The Bertz CT molecular complexity index is 1290. The summed E-state index contributed by atoms with van der Waals surface area (Å²) >= 11 is 1.36. The third kappa shape index (κ3) is 3.71. The fraction of sp³-hybridized carbons (Fsp3) is 0.208. The molecule has 0 spiro atoms. The lowest BCUT2D eigenvalue weighted by molar-refractivity contribution is 0.0969. The van der Waals surface area contributed by atoms with Crippen LogP contribution >= 0.6 is 11.3 Å². The van der Waals surface area contributed by atoms with Crippen LogP contribution in [0.25, 0.3) is 21.3 Å². The topological polar surface area (TPSA) is 52.0 Å². The van der Waals surface area contributed by atoms with E-state index in [1.54, 1.807) is 12.1 Å². The second-order valence-corrected chi connectivity index (χ2v) is 7.99. The molecule has 2 aromatic carbocycles.